The molecule has 4 heteroatoms. The van der Waals surface area contributed by atoms with Crippen molar-refractivity contribution in [1.29, 1.82) is 0 Å². The molecule has 1 atom stereocenters. The molecule has 0 N–H and O–H groups in total. The molecule has 2 heterocycles. The van der Waals surface area contributed by atoms with Crippen molar-refractivity contribution in [2.24, 2.45) is 0 Å². The Balaban J connectivity index is 1.85. The van der Waals surface area contributed by atoms with E-state index in [9.17, 15) is 4.79 Å². The monoisotopic (exact) mass is 303 g/mol. The van der Waals surface area contributed by atoms with Crippen molar-refractivity contribution >= 4 is 29.0 Å². The molecule has 0 spiro atoms. The first-order chi connectivity index (χ1) is 9.65. The van der Waals surface area contributed by atoms with Gasteiger partial charge in [0, 0.05) is 27.6 Å². The molecule has 1 amide bonds. The lowest BCUT2D eigenvalue weighted by molar-refractivity contribution is 0.0762. The van der Waals surface area contributed by atoms with E-state index in [0.29, 0.717) is 0 Å². The first-order valence-electron chi connectivity index (χ1n) is 6.71. The number of hydrogen-bond acceptors (Lipinski definition) is 3. The van der Waals surface area contributed by atoms with Crippen LogP contribution in [0.5, 0.6) is 0 Å². The first kappa shape index (κ1) is 13.7. The average molecular weight is 303 g/mol. The van der Waals surface area contributed by atoms with Crippen LogP contribution < -0.4 is 0 Å². The smallest absolute Gasteiger partial charge is 0.255 e. The highest BCUT2D eigenvalue weighted by molar-refractivity contribution is 7.99. The highest BCUT2D eigenvalue weighted by Gasteiger charge is 2.31. The van der Waals surface area contributed by atoms with E-state index in [2.05, 4.69) is 19.1 Å². The number of carbonyl (C=O) groups excluding carboxylic acids is 1. The Morgan fingerprint density at radius 2 is 1.90 bits per heavy atom. The summed E-state index contributed by atoms with van der Waals surface area (Å²) >= 11 is 3.65. The molecular formula is C16H17NOS2. The fourth-order valence-electron chi connectivity index (χ4n) is 2.36. The molecule has 3 rings (SSSR count). The summed E-state index contributed by atoms with van der Waals surface area (Å²) in [6, 6.07) is 12.1. The summed E-state index contributed by atoms with van der Waals surface area (Å²) in [5.41, 5.74) is 1.97. The summed E-state index contributed by atoms with van der Waals surface area (Å²) < 4.78 is 0. The fourth-order valence-corrected chi connectivity index (χ4v) is 4.73. The molecule has 2 aromatic rings. The van der Waals surface area contributed by atoms with Crippen LogP contribution in [0.15, 0.2) is 36.4 Å². The van der Waals surface area contributed by atoms with Gasteiger partial charge in [-0.25, -0.2) is 0 Å². The number of aryl methyl sites for hydroxylation is 2. The maximum absolute atomic E-state index is 12.7. The zero-order valence-electron chi connectivity index (χ0n) is 11.6. The standard InChI is InChI=1S/C16H17NOS2/c1-11-3-6-13(7-4-11)15(18)17-9-10-19-16(17)14-8-5-12(2)20-14/h3-8,16H,9-10H2,1-2H3. The zero-order valence-corrected chi connectivity index (χ0v) is 13.3. The summed E-state index contributed by atoms with van der Waals surface area (Å²) in [4.78, 5) is 17.3. The van der Waals surface area contributed by atoms with Crippen molar-refractivity contribution in [1.82, 2.24) is 4.90 Å². The van der Waals surface area contributed by atoms with Crippen LogP contribution in [0.4, 0.5) is 0 Å². The number of hydrogen-bond donors (Lipinski definition) is 0. The zero-order chi connectivity index (χ0) is 14.1. The number of benzene rings is 1. The van der Waals surface area contributed by atoms with E-state index >= 15 is 0 Å². The molecule has 104 valence electrons. The fraction of sp³-hybridized carbons (Fsp3) is 0.312. The van der Waals surface area contributed by atoms with Crippen LogP contribution in [0, 0.1) is 13.8 Å². The van der Waals surface area contributed by atoms with Crippen LogP contribution in [0.3, 0.4) is 0 Å². The van der Waals surface area contributed by atoms with Crippen molar-refractivity contribution in [3.8, 4) is 0 Å². The number of thiophene rings is 1. The molecule has 2 nitrogen and oxygen atoms in total. The molecule has 1 aromatic heterocycles. The molecule has 1 aromatic carbocycles. The topological polar surface area (TPSA) is 20.3 Å². The van der Waals surface area contributed by atoms with E-state index in [1.807, 2.05) is 47.9 Å². The van der Waals surface area contributed by atoms with Crippen molar-refractivity contribution in [2.75, 3.05) is 12.3 Å². The van der Waals surface area contributed by atoms with Crippen LogP contribution in [0.1, 0.15) is 31.0 Å². The minimum atomic E-state index is 0.144. The predicted octanol–water partition coefficient (Wildman–Crippen LogP) is 4.25. The Labute approximate surface area is 127 Å². The van der Waals surface area contributed by atoms with Gasteiger partial charge in [-0.1, -0.05) is 17.7 Å². The second kappa shape index (κ2) is 5.62. The molecule has 0 saturated carbocycles. The van der Waals surface area contributed by atoms with Crippen LogP contribution in [0.25, 0.3) is 0 Å². The summed E-state index contributed by atoms with van der Waals surface area (Å²) in [5, 5.41) is 0.183. The first-order valence-corrected chi connectivity index (χ1v) is 8.57. The molecule has 1 aliphatic rings. The number of carbonyl (C=O) groups is 1. The second-order valence-electron chi connectivity index (χ2n) is 5.04. The number of rotatable bonds is 2. The molecule has 20 heavy (non-hydrogen) atoms. The van der Waals surface area contributed by atoms with Crippen molar-refractivity contribution in [3.05, 3.63) is 57.3 Å². The predicted molar refractivity (Wildman–Crippen MR) is 86.5 cm³/mol. The summed E-state index contributed by atoms with van der Waals surface area (Å²) in [6.07, 6.45) is 0. The third kappa shape index (κ3) is 2.63. The second-order valence-corrected chi connectivity index (χ2v) is 7.54. The number of nitrogens with zero attached hydrogens (tertiary/aromatic N) is 1. The Hall–Kier alpha value is -1.26. The number of amides is 1. The maximum Gasteiger partial charge on any atom is 0.255 e. The van der Waals surface area contributed by atoms with Gasteiger partial charge in [-0.2, -0.15) is 0 Å². The normalized spacial score (nSPS) is 18.5. The highest BCUT2D eigenvalue weighted by atomic mass is 32.2. The van der Waals surface area contributed by atoms with Gasteiger partial charge in [-0.15, -0.1) is 23.1 Å². The lowest BCUT2D eigenvalue weighted by Crippen LogP contribution is -2.30. The van der Waals surface area contributed by atoms with Gasteiger partial charge in [0.05, 0.1) is 0 Å². The van der Waals surface area contributed by atoms with Gasteiger partial charge in [0.1, 0.15) is 5.37 Å². The van der Waals surface area contributed by atoms with E-state index in [1.54, 1.807) is 11.3 Å². The van der Waals surface area contributed by atoms with E-state index in [1.165, 1.54) is 15.3 Å². The minimum Gasteiger partial charge on any atom is -0.321 e. The van der Waals surface area contributed by atoms with Gasteiger partial charge in [0.25, 0.3) is 5.91 Å². The van der Waals surface area contributed by atoms with Gasteiger partial charge in [0.2, 0.25) is 0 Å². The molecule has 1 unspecified atom stereocenters. The van der Waals surface area contributed by atoms with Crippen LogP contribution in [0.2, 0.25) is 0 Å². The third-order valence-corrected chi connectivity index (χ3v) is 5.90. The lowest BCUT2D eigenvalue weighted by Gasteiger charge is -2.23. The van der Waals surface area contributed by atoms with Crippen molar-refractivity contribution < 1.29 is 4.79 Å². The van der Waals surface area contributed by atoms with Crippen LogP contribution in [-0.2, 0) is 0 Å². The number of thioether (sulfide) groups is 1. The third-order valence-electron chi connectivity index (χ3n) is 3.45. The molecule has 1 fully saturated rings. The van der Waals surface area contributed by atoms with Crippen molar-refractivity contribution in [2.45, 2.75) is 19.2 Å². The lowest BCUT2D eigenvalue weighted by atomic mass is 10.1. The van der Waals surface area contributed by atoms with Gasteiger partial charge < -0.3 is 4.90 Å². The highest BCUT2D eigenvalue weighted by Crippen LogP contribution is 2.41. The molecule has 1 aliphatic heterocycles. The molecule has 1 saturated heterocycles. The average Bonchev–Trinajstić information content (AvgIpc) is 3.07. The van der Waals surface area contributed by atoms with Crippen LogP contribution >= 0.6 is 23.1 Å². The summed E-state index contributed by atoms with van der Waals surface area (Å²) in [5.74, 6) is 1.16. The van der Waals surface area contributed by atoms with E-state index in [-0.39, 0.29) is 11.3 Å². The Morgan fingerprint density at radius 1 is 1.15 bits per heavy atom. The van der Waals surface area contributed by atoms with E-state index < -0.39 is 0 Å². The minimum absolute atomic E-state index is 0.144. The molecular weight excluding hydrogens is 286 g/mol. The van der Waals surface area contributed by atoms with Gasteiger partial charge in [0.15, 0.2) is 0 Å². The largest absolute Gasteiger partial charge is 0.321 e. The molecule has 0 bridgehead atoms. The quantitative estimate of drug-likeness (QED) is 0.826. The summed E-state index contributed by atoms with van der Waals surface area (Å²) in [7, 11) is 0. The van der Waals surface area contributed by atoms with Gasteiger partial charge in [-0.3, -0.25) is 4.79 Å². The van der Waals surface area contributed by atoms with E-state index in [0.717, 1.165) is 17.9 Å². The van der Waals surface area contributed by atoms with Crippen molar-refractivity contribution in [3.63, 3.8) is 0 Å². The Morgan fingerprint density at radius 3 is 2.55 bits per heavy atom. The van der Waals surface area contributed by atoms with Gasteiger partial charge in [-0.05, 0) is 38.1 Å². The Kier molecular flexibility index (Phi) is 3.85. The Bertz CT molecular complexity index is 618. The van der Waals surface area contributed by atoms with E-state index in [4.69, 9.17) is 0 Å². The molecule has 0 radical (unpaired) electrons. The van der Waals surface area contributed by atoms with Gasteiger partial charge >= 0.3 is 0 Å². The SMILES string of the molecule is Cc1ccc(C(=O)N2CCSC2c2ccc(C)s2)cc1. The maximum atomic E-state index is 12.7. The van der Waals surface area contributed by atoms with Crippen LogP contribution in [-0.4, -0.2) is 23.1 Å². The molecule has 0 aliphatic carbocycles. The summed E-state index contributed by atoms with van der Waals surface area (Å²) in [6.45, 7) is 4.98.